The van der Waals surface area contributed by atoms with Crippen molar-refractivity contribution in [3.8, 4) is 0 Å². The Morgan fingerprint density at radius 2 is 2.05 bits per heavy atom. The van der Waals surface area contributed by atoms with E-state index in [1.165, 1.54) is 0 Å². The van der Waals surface area contributed by atoms with Gasteiger partial charge < -0.3 is 14.8 Å². The zero-order valence-electron chi connectivity index (χ0n) is 11.9. The number of rotatable bonds is 9. The zero-order valence-corrected chi connectivity index (χ0v) is 12.7. The molecule has 0 spiro atoms. The largest absolute Gasteiger partial charge is 0.465 e. The van der Waals surface area contributed by atoms with Crippen molar-refractivity contribution in [1.29, 1.82) is 0 Å². The summed E-state index contributed by atoms with van der Waals surface area (Å²) in [7, 11) is -3.60. The highest BCUT2D eigenvalue weighted by molar-refractivity contribution is 7.90. The van der Waals surface area contributed by atoms with Crippen LogP contribution in [0.5, 0.6) is 0 Å². The molecule has 0 aromatic heterocycles. The van der Waals surface area contributed by atoms with Crippen LogP contribution in [0.1, 0.15) is 26.2 Å². The molecule has 118 valence electrons. The molecular formula is C12H24N2O5S. The van der Waals surface area contributed by atoms with Crippen LogP contribution in [-0.2, 0) is 24.3 Å². The number of carbonyl (C=O) groups excluding carboxylic acids is 1. The third-order valence-corrected chi connectivity index (χ3v) is 4.16. The summed E-state index contributed by atoms with van der Waals surface area (Å²) in [5.74, 6) is -1.36. The van der Waals surface area contributed by atoms with E-state index in [1.54, 1.807) is 6.92 Å². The Bertz CT molecular complexity index is 379. The number of ether oxygens (including phenoxy) is 2. The van der Waals surface area contributed by atoms with Gasteiger partial charge in [0.15, 0.2) is 5.75 Å². The van der Waals surface area contributed by atoms with Crippen LogP contribution in [0.2, 0.25) is 0 Å². The first-order chi connectivity index (χ1) is 9.53. The Balaban J connectivity index is 2.08. The molecule has 0 unspecified atom stereocenters. The van der Waals surface area contributed by atoms with Crippen LogP contribution in [0.25, 0.3) is 0 Å². The summed E-state index contributed by atoms with van der Waals surface area (Å²) in [6.07, 6.45) is 2.85. The zero-order chi connectivity index (χ0) is 14.8. The molecular weight excluding hydrogens is 284 g/mol. The molecule has 1 fully saturated rings. The average Bonchev–Trinajstić information content (AvgIpc) is 2.39. The number of esters is 1. The SMILES string of the molecule is CCOC(=O)CS(=O)(=O)NCCCOC1CCNCC1. The summed E-state index contributed by atoms with van der Waals surface area (Å²) in [6, 6.07) is 0. The van der Waals surface area contributed by atoms with Gasteiger partial charge in [-0.1, -0.05) is 0 Å². The molecule has 1 saturated heterocycles. The summed E-state index contributed by atoms with van der Waals surface area (Å²) in [5, 5.41) is 3.25. The Morgan fingerprint density at radius 3 is 2.70 bits per heavy atom. The van der Waals surface area contributed by atoms with Gasteiger partial charge in [0.05, 0.1) is 12.7 Å². The van der Waals surface area contributed by atoms with Crippen molar-refractivity contribution in [2.75, 3.05) is 38.6 Å². The molecule has 0 radical (unpaired) electrons. The van der Waals surface area contributed by atoms with Crippen molar-refractivity contribution in [3.05, 3.63) is 0 Å². The first kappa shape index (κ1) is 17.4. The van der Waals surface area contributed by atoms with E-state index in [9.17, 15) is 13.2 Å². The lowest BCUT2D eigenvalue weighted by molar-refractivity contribution is -0.139. The van der Waals surface area contributed by atoms with E-state index in [-0.39, 0.29) is 19.3 Å². The average molecular weight is 308 g/mol. The van der Waals surface area contributed by atoms with Crippen molar-refractivity contribution in [2.45, 2.75) is 32.3 Å². The summed E-state index contributed by atoms with van der Waals surface area (Å²) < 4.78 is 35.7. The Kier molecular flexibility index (Phi) is 8.05. The van der Waals surface area contributed by atoms with E-state index in [4.69, 9.17) is 4.74 Å². The van der Waals surface area contributed by atoms with Crippen LogP contribution in [-0.4, -0.2) is 59.1 Å². The van der Waals surface area contributed by atoms with Gasteiger partial charge in [0, 0.05) is 13.2 Å². The standard InChI is InChI=1S/C12H24N2O5S/c1-2-18-12(15)10-20(16,17)14-6-3-9-19-11-4-7-13-8-5-11/h11,13-14H,2-10H2,1H3. The van der Waals surface area contributed by atoms with E-state index < -0.39 is 21.7 Å². The monoisotopic (exact) mass is 308 g/mol. The molecule has 1 aliphatic rings. The van der Waals surface area contributed by atoms with E-state index in [0.717, 1.165) is 25.9 Å². The lowest BCUT2D eigenvalue weighted by Gasteiger charge is -2.22. The van der Waals surface area contributed by atoms with E-state index in [0.29, 0.717) is 13.0 Å². The number of hydrogen-bond donors (Lipinski definition) is 2. The first-order valence-corrected chi connectivity index (χ1v) is 8.64. The predicted molar refractivity (Wildman–Crippen MR) is 74.9 cm³/mol. The smallest absolute Gasteiger partial charge is 0.322 e. The normalized spacial score (nSPS) is 17.1. The molecule has 0 saturated carbocycles. The molecule has 20 heavy (non-hydrogen) atoms. The first-order valence-electron chi connectivity index (χ1n) is 6.99. The summed E-state index contributed by atoms with van der Waals surface area (Å²) in [4.78, 5) is 11.1. The molecule has 8 heteroatoms. The van der Waals surface area contributed by atoms with Crippen molar-refractivity contribution in [2.24, 2.45) is 0 Å². The predicted octanol–water partition coefficient (Wildman–Crippen LogP) is -0.372. The second kappa shape index (κ2) is 9.28. The van der Waals surface area contributed by atoms with E-state index >= 15 is 0 Å². The Labute approximate surface area is 120 Å². The summed E-state index contributed by atoms with van der Waals surface area (Å²) in [5.41, 5.74) is 0. The van der Waals surface area contributed by atoms with Crippen LogP contribution in [0.3, 0.4) is 0 Å². The molecule has 0 atom stereocenters. The number of carbonyl (C=O) groups is 1. The van der Waals surface area contributed by atoms with E-state index in [2.05, 4.69) is 14.8 Å². The van der Waals surface area contributed by atoms with Crippen molar-refractivity contribution in [1.82, 2.24) is 10.0 Å². The number of piperidine rings is 1. The Morgan fingerprint density at radius 1 is 1.35 bits per heavy atom. The van der Waals surface area contributed by atoms with Gasteiger partial charge in [-0.25, -0.2) is 13.1 Å². The number of hydrogen-bond acceptors (Lipinski definition) is 6. The fraction of sp³-hybridized carbons (Fsp3) is 0.917. The molecule has 2 N–H and O–H groups in total. The van der Waals surface area contributed by atoms with Gasteiger partial charge >= 0.3 is 5.97 Å². The van der Waals surface area contributed by atoms with Crippen molar-refractivity contribution >= 4 is 16.0 Å². The van der Waals surface area contributed by atoms with Gasteiger partial charge in [0.2, 0.25) is 10.0 Å². The van der Waals surface area contributed by atoms with E-state index in [1.807, 2.05) is 0 Å². The number of nitrogens with one attached hydrogen (secondary N) is 2. The molecule has 0 bridgehead atoms. The summed E-state index contributed by atoms with van der Waals surface area (Å²) >= 11 is 0. The molecule has 1 aliphatic heterocycles. The minimum atomic E-state index is -3.60. The highest BCUT2D eigenvalue weighted by Crippen LogP contribution is 2.07. The fourth-order valence-electron chi connectivity index (χ4n) is 1.92. The van der Waals surface area contributed by atoms with Gasteiger partial charge in [-0.15, -0.1) is 0 Å². The van der Waals surface area contributed by atoms with Gasteiger partial charge in [-0.05, 0) is 39.3 Å². The minimum Gasteiger partial charge on any atom is -0.465 e. The number of sulfonamides is 1. The van der Waals surface area contributed by atoms with Gasteiger partial charge in [-0.3, -0.25) is 4.79 Å². The molecule has 0 aromatic rings. The van der Waals surface area contributed by atoms with Crippen LogP contribution < -0.4 is 10.0 Å². The Hall–Kier alpha value is -0.700. The maximum atomic E-state index is 11.5. The maximum absolute atomic E-state index is 11.5. The second-order valence-corrected chi connectivity index (χ2v) is 6.44. The third kappa shape index (κ3) is 7.78. The van der Waals surface area contributed by atoms with Crippen LogP contribution >= 0.6 is 0 Å². The maximum Gasteiger partial charge on any atom is 0.322 e. The van der Waals surface area contributed by atoms with Crippen LogP contribution in [0.4, 0.5) is 0 Å². The second-order valence-electron chi connectivity index (χ2n) is 4.63. The lowest BCUT2D eigenvalue weighted by Crippen LogP contribution is -2.34. The van der Waals surface area contributed by atoms with Crippen LogP contribution in [0.15, 0.2) is 0 Å². The molecule has 0 aromatic carbocycles. The third-order valence-electron chi connectivity index (χ3n) is 2.90. The van der Waals surface area contributed by atoms with Crippen molar-refractivity contribution < 1.29 is 22.7 Å². The quantitative estimate of drug-likeness (QED) is 0.446. The summed E-state index contributed by atoms with van der Waals surface area (Å²) in [6.45, 7) is 4.54. The molecule has 0 aliphatic carbocycles. The van der Waals surface area contributed by atoms with Crippen LogP contribution in [0, 0.1) is 0 Å². The fourth-order valence-corrected chi connectivity index (χ4v) is 2.87. The molecule has 1 heterocycles. The molecule has 1 rings (SSSR count). The lowest BCUT2D eigenvalue weighted by atomic mass is 10.1. The molecule has 7 nitrogen and oxygen atoms in total. The highest BCUT2D eigenvalue weighted by Gasteiger charge is 2.17. The minimum absolute atomic E-state index is 0.179. The highest BCUT2D eigenvalue weighted by atomic mass is 32.2. The van der Waals surface area contributed by atoms with Crippen molar-refractivity contribution in [3.63, 3.8) is 0 Å². The van der Waals surface area contributed by atoms with Gasteiger partial charge in [0.1, 0.15) is 0 Å². The molecule has 0 amide bonds. The topological polar surface area (TPSA) is 93.7 Å². The van der Waals surface area contributed by atoms with Gasteiger partial charge in [-0.2, -0.15) is 0 Å². The van der Waals surface area contributed by atoms with Gasteiger partial charge in [0.25, 0.3) is 0 Å².